The third-order valence-electron chi connectivity index (χ3n) is 7.24. The van der Waals surface area contributed by atoms with Crippen LogP contribution in [0.25, 0.3) is 10.2 Å². The second-order valence-corrected chi connectivity index (χ2v) is 10.4. The van der Waals surface area contributed by atoms with Crippen molar-refractivity contribution in [1.29, 1.82) is 0 Å². The lowest BCUT2D eigenvalue weighted by molar-refractivity contribution is 0.0920. The highest BCUT2D eigenvalue weighted by atomic mass is 32.1. The van der Waals surface area contributed by atoms with E-state index in [0.29, 0.717) is 23.2 Å². The number of nitrogens with two attached hydrogens (primary N) is 1. The van der Waals surface area contributed by atoms with Gasteiger partial charge in [-0.3, -0.25) is 4.79 Å². The molecule has 5 heterocycles. The SMILES string of the molecule is Cc1ccc2c(N)c(C(=O)N[C@H]3COc4cc(N5CCC[C@@H]6CNC[C@@H]65)ccc4C3)sc2n1. The van der Waals surface area contributed by atoms with Crippen molar-refractivity contribution in [2.75, 3.05) is 36.9 Å². The molecule has 3 aliphatic rings. The van der Waals surface area contributed by atoms with E-state index in [9.17, 15) is 4.79 Å². The van der Waals surface area contributed by atoms with Crippen molar-refractivity contribution in [3.05, 3.63) is 46.5 Å². The summed E-state index contributed by atoms with van der Waals surface area (Å²) in [5.41, 5.74) is 10.1. The number of aryl methyl sites for hydroxylation is 1. The van der Waals surface area contributed by atoms with E-state index in [1.807, 2.05) is 19.1 Å². The number of nitrogens with zero attached hydrogens (tertiary/aromatic N) is 2. The first-order valence-electron chi connectivity index (χ1n) is 11.8. The Labute approximate surface area is 197 Å². The van der Waals surface area contributed by atoms with Crippen LogP contribution < -0.4 is 26.0 Å². The first kappa shape index (κ1) is 20.7. The second kappa shape index (κ2) is 8.18. The van der Waals surface area contributed by atoms with Gasteiger partial charge in [0.1, 0.15) is 22.1 Å². The zero-order valence-corrected chi connectivity index (χ0v) is 19.6. The Morgan fingerprint density at radius 2 is 2.21 bits per heavy atom. The van der Waals surface area contributed by atoms with Gasteiger partial charge < -0.3 is 26.0 Å². The third-order valence-corrected chi connectivity index (χ3v) is 8.36. The molecule has 2 aromatic heterocycles. The number of nitrogens with one attached hydrogen (secondary N) is 2. The summed E-state index contributed by atoms with van der Waals surface area (Å²) < 4.78 is 6.12. The number of nitrogen functional groups attached to an aromatic ring is 1. The largest absolute Gasteiger partial charge is 0.491 e. The van der Waals surface area contributed by atoms with Crippen LogP contribution in [-0.2, 0) is 6.42 Å². The number of anilines is 2. The number of rotatable bonds is 3. The Morgan fingerprint density at radius 3 is 3.12 bits per heavy atom. The molecule has 2 fully saturated rings. The number of hydrogen-bond acceptors (Lipinski definition) is 7. The van der Waals surface area contributed by atoms with Crippen molar-refractivity contribution >= 4 is 38.8 Å². The van der Waals surface area contributed by atoms with Gasteiger partial charge in [0.05, 0.1) is 11.7 Å². The molecule has 0 saturated carbocycles. The summed E-state index contributed by atoms with van der Waals surface area (Å²) in [6, 6.07) is 10.9. The molecule has 4 N–H and O–H groups in total. The summed E-state index contributed by atoms with van der Waals surface area (Å²) in [6.45, 7) is 5.69. The van der Waals surface area contributed by atoms with Gasteiger partial charge in [0.15, 0.2) is 0 Å². The molecule has 8 heteroatoms. The lowest BCUT2D eigenvalue weighted by Crippen LogP contribution is -2.45. The molecular formula is C25H29N5O2S. The Morgan fingerprint density at radius 1 is 1.30 bits per heavy atom. The van der Waals surface area contributed by atoms with Gasteiger partial charge >= 0.3 is 0 Å². The molecule has 0 spiro atoms. The number of ether oxygens (including phenoxy) is 1. The lowest BCUT2D eigenvalue weighted by atomic mass is 9.91. The van der Waals surface area contributed by atoms with Gasteiger partial charge in [0, 0.05) is 48.5 Å². The molecule has 0 radical (unpaired) electrons. The van der Waals surface area contributed by atoms with Gasteiger partial charge in [0.25, 0.3) is 5.91 Å². The van der Waals surface area contributed by atoms with Crippen molar-refractivity contribution in [2.24, 2.45) is 5.92 Å². The number of piperidine rings is 1. The second-order valence-electron chi connectivity index (χ2n) is 9.45. The van der Waals surface area contributed by atoms with Crippen LogP contribution in [0.4, 0.5) is 11.4 Å². The van der Waals surface area contributed by atoms with Crippen molar-refractivity contribution in [3.8, 4) is 5.75 Å². The van der Waals surface area contributed by atoms with Crippen LogP contribution in [0, 0.1) is 12.8 Å². The molecule has 7 nitrogen and oxygen atoms in total. The number of amides is 1. The van der Waals surface area contributed by atoms with Gasteiger partial charge in [-0.15, -0.1) is 11.3 Å². The minimum atomic E-state index is -0.157. The summed E-state index contributed by atoms with van der Waals surface area (Å²) in [4.78, 5) is 21.4. The monoisotopic (exact) mass is 463 g/mol. The minimum absolute atomic E-state index is 0.0893. The van der Waals surface area contributed by atoms with Crippen molar-refractivity contribution < 1.29 is 9.53 Å². The molecule has 6 rings (SSSR count). The van der Waals surface area contributed by atoms with Gasteiger partial charge in [-0.2, -0.15) is 0 Å². The molecule has 3 atom stereocenters. The fourth-order valence-corrected chi connectivity index (χ4v) is 6.57. The molecule has 172 valence electrons. The van der Waals surface area contributed by atoms with Crippen LogP contribution in [-0.4, -0.2) is 49.2 Å². The highest BCUT2D eigenvalue weighted by Crippen LogP contribution is 2.36. The van der Waals surface area contributed by atoms with E-state index in [2.05, 4.69) is 38.7 Å². The number of aromatic nitrogens is 1. The number of pyridine rings is 1. The summed E-state index contributed by atoms with van der Waals surface area (Å²) in [6.07, 6.45) is 3.30. The van der Waals surface area contributed by atoms with Crippen molar-refractivity contribution in [3.63, 3.8) is 0 Å². The van der Waals surface area contributed by atoms with E-state index in [1.54, 1.807) is 0 Å². The highest BCUT2D eigenvalue weighted by molar-refractivity contribution is 7.21. The van der Waals surface area contributed by atoms with E-state index in [-0.39, 0.29) is 11.9 Å². The maximum atomic E-state index is 13.0. The van der Waals surface area contributed by atoms with Crippen LogP contribution in [0.2, 0.25) is 0 Å². The van der Waals surface area contributed by atoms with Crippen LogP contribution in [0.15, 0.2) is 30.3 Å². The normalized spacial score (nSPS) is 24.3. The Bertz CT molecular complexity index is 1220. The fraction of sp³-hybridized carbons (Fsp3) is 0.440. The van der Waals surface area contributed by atoms with E-state index in [1.165, 1.54) is 29.9 Å². The van der Waals surface area contributed by atoms with Gasteiger partial charge in [-0.25, -0.2) is 4.98 Å². The number of benzene rings is 1. The maximum absolute atomic E-state index is 13.0. The summed E-state index contributed by atoms with van der Waals surface area (Å²) in [5, 5.41) is 7.51. The van der Waals surface area contributed by atoms with Gasteiger partial charge in [-0.05, 0) is 55.9 Å². The van der Waals surface area contributed by atoms with Crippen LogP contribution in [0.3, 0.4) is 0 Å². The van der Waals surface area contributed by atoms with Crippen molar-refractivity contribution in [2.45, 2.75) is 38.3 Å². The predicted molar refractivity (Wildman–Crippen MR) is 132 cm³/mol. The Kier molecular flexibility index (Phi) is 5.14. The van der Waals surface area contributed by atoms with E-state index in [0.717, 1.165) is 59.2 Å². The zero-order chi connectivity index (χ0) is 22.5. The molecule has 33 heavy (non-hydrogen) atoms. The quantitative estimate of drug-likeness (QED) is 0.553. The van der Waals surface area contributed by atoms with Crippen LogP contribution in [0.5, 0.6) is 5.75 Å². The average Bonchev–Trinajstić information content (AvgIpc) is 3.43. The number of fused-ring (bicyclic) bond motifs is 3. The standard InChI is InChI=1S/C25H29N5O2S/c1-14-4-7-19-22(26)23(33-25(19)28-14)24(31)29-17-9-15-5-6-18(10-21(15)32-13-17)30-8-2-3-16-11-27-12-20(16)30/h4-7,10,16-17,20,27H,2-3,8-9,11-13,26H2,1H3,(H,29,31)/t16-,17-,20+/m1/s1. The molecule has 0 unspecified atom stereocenters. The molecule has 3 aromatic rings. The van der Waals surface area contributed by atoms with Crippen molar-refractivity contribution in [1.82, 2.24) is 15.6 Å². The van der Waals surface area contributed by atoms with Crippen LogP contribution >= 0.6 is 11.3 Å². The third kappa shape index (κ3) is 3.71. The predicted octanol–water partition coefficient (Wildman–Crippen LogP) is 3.11. The molecule has 0 aliphatic carbocycles. The lowest BCUT2D eigenvalue weighted by Gasteiger charge is -2.39. The fourth-order valence-electron chi connectivity index (χ4n) is 5.53. The number of hydrogen-bond donors (Lipinski definition) is 3. The minimum Gasteiger partial charge on any atom is -0.491 e. The number of thiophene rings is 1. The Balaban J connectivity index is 1.16. The zero-order valence-electron chi connectivity index (χ0n) is 18.8. The molecular weight excluding hydrogens is 434 g/mol. The number of carbonyl (C=O) groups excluding carboxylic acids is 1. The first-order valence-corrected chi connectivity index (χ1v) is 12.6. The molecule has 2 saturated heterocycles. The molecule has 1 amide bonds. The summed E-state index contributed by atoms with van der Waals surface area (Å²) >= 11 is 1.35. The van der Waals surface area contributed by atoms with Gasteiger partial charge in [0.2, 0.25) is 0 Å². The smallest absolute Gasteiger partial charge is 0.263 e. The summed E-state index contributed by atoms with van der Waals surface area (Å²) in [5.74, 6) is 1.53. The topological polar surface area (TPSA) is 92.5 Å². The maximum Gasteiger partial charge on any atom is 0.263 e. The average molecular weight is 464 g/mol. The Hall–Kier alpha value is -2.84. The van der Waals surface area contributed by atoms with E-state index >= 15 is 0 Å². The molecule has 1 aromatic carbocycles. The summed E-state index contributed by atoms with van der Waals surface area (Å²) in [7, 11) is 0. The van der Waals surface area contributed by atoms with Gasteiger partial charge in [-0.1, -0.05) is 6.07 Å². The highest BCUT2D eigenvalue weighted by Gasteiger charge is 2.35. The number of carbonyl (C=O) groups is 1. The van der Waals surface area contributed by atoms with Crippen LogP contribution in [0.1, 0.15) is 33.8 Å². The van der Waals surface area contributed by atoms with E-state index < -0.39 is 0 Å². The first-order chi connectivity index (χ1) is 16.1. The molecule has 0 bridgehead atoms. The van der Waals surface area contributed by atoms with E-state index in [4.69, 9.17) is 10.5 Å². The molecule has 3 aliphatic heterocycles.